The summed E-state index contributed by atoms with van der Waals surface area (Å²) in [5, 5.41) is 7.21. The Balaban J connectivity index is 1.45. The number of carbonyl (C=O) groups excluding carboxylic acids is 1. The van der Waals surface area contributed by atoms with Gasteiger partial charge in [-0.15, -0.1) is 0 Å². The maximum atomic E-state index is 12.2. The number of hydrogen-bond donors (Lipinski definition) is 1. The van der Waals surface area contributed by atoms with Crippen molar-refractivity contribution in [3.8, 4) is 11.5 Å². The van der Waals surface area contributed by atoms with Gasteiger partial charge in [0.2, 0.25) is 11.8 Å². The highest BCUT2D eigenvalue weighted by Gasteiger charge is 2.22. The zero-order chi connectivity index (χ0) is 17.9. The number of nitrogens with one attached hydrogen (secondary N) is 1. The number of benzene rings is 1. The Morgan fingerprint density at radius 3 is 2.73 bits per heavy atom. The number of oxazole rings is 1. The maximum absolute atomic E-state index is 12.2. The molecule has 0 atom stereocenters. The van der Waals surface area contributed by atoms with Gasteiger partial charge in [-0.1, -0.05) is 12.8 Å². The van der Waals surface area contributed by atoms with E-state index in [0.717, 1.165) is 48.4 Å². The molecule has 0 unspecified atom stereocenters. The number of aryl methyl sites for hydroxylation is 1. The highest BCUT2D eigenvalue weighted by atomic mass is 16.4. The fraction of sp³-hybridized carbons (Fsp3) is 0.350. The van der Waals surface area contributed by atoms with Gasteiger partial charge >= 0.3 is 0 Å². The minimum atomic E-state index is 0.128. The largest absolute Gasteiger partial charge is 0.441 e. The molecule has 1 saturated carbocycles. The maximum Gasteiger partial charge on any atom is 0.227 e. The van der Waals surface area contributed by atoms with Crippen LogP contribution < -0.4 is 5.32 Å². The Morgan fingerprint density at radius 2 is 2.04 bits per heavy atom. The SMILES string of the molecule is Cc1oc(-c2ccc(NC(=O)C3CCCC3)cc2)nc1Cn1cccn1. The fourth-order valence-electron chi connectivity index (χ4n) is 3.37. The van der Waals surface area contributed by atoms with Gasteiger partial charge in [-0.3, -0.25) is 9.48 Å². The smallest absolute Gasteiger partial charge is 0.227 e. The van der Waals surface area contributed by atoms with Gasteiger partial charge in [0.05, 0.1) is 6.54 Å². The van der Waals surface area contributed by atoms with Crippen LogP contribution >= 0.6 is 0 Å². The summed E-state index contributed by atoms with van der Waals surface area (Å²) in [4.78, 5) is 16.8. The topological polar surface area (TPSA) is 73.0 Å². The number of anilines is 1. The van der Waals surface area contributed by atoms with Gasteiger partial charge in [0.25, 0.3) is 0 Å². The Morgan fingerprint density at radius 1 is 1.27 bits per heavy atom. The van der Waals surface area contributed by atoms with Crippen LogP contribution in [0.1, 0.15) is 37.1 Å². The zero-order valence-electron chi connectivity index (χ0n) is 14.8. The molecule has 4 rings (SSSR count). The molecule has 1 N–H and O–H groups in total. The van der Waals surface area contributed by atoms with Crippen molar-refractivity contribution in [2.24, 2.45) is 5.92 Å². The van der Waals surface area contributed by atoms with E-state index in [-0.39, 0.29) is 11.8 Å². The second-order valence-electron chi connectivity index (χ2n) is 6.77. The number of carbonyl (C=O) groups is 1. The van der Waals surface area contributed by atoms with Gasteiger partial charge in [-0.05, 0) is 50.1 Å². The van der Waals surface area contributed by atoms with E-state index >= 15 is 0 Å². The molecule has 0 radical (unpaired) electrons. The molecule has 2 aromatic heterocycles. The lowest BCUT2D eigenvalue weighted by atomic mass is 10.1. The van der Waals surface area contributed by atoms with E-state index in [1.165, 1.54) is 0 Å². The van der Waals surface area contributed by atoms with E-state index in [4.69, 9.17) is 4.42 Å². The van der Waals surface area contributed by atoms with Crippen molar-refractivity contribution < 1.29 is 9.21 Å². The Hall–Kier alpha value is -2.89. The molecule has 0 saturated heterocycles. The number of rotatable bonds is 5. The second kappa shape index (κ2) is 7.15. The molecule has 2 heterocycles. The molecule has 1 aliphatic rings. The van der Waals surface area contributed by atoms with Crippen LogP contribution in [0, 0.1) is 12.8 Å². The normalized spacial score (nSPS) is 14.7. The van der Waals surface area contributed by atoms with Crippen molar-refractivity contribution in [2.45, 2.75) is 39.2 Å². The summed E-state index contributed by atoms with van der Waals surface area (Å²) in [5.74, 6) is 1.66. The van der Waals surface area contributed by atoms with Crippen LogP contribution in [0.2, 0.25) is 0 Å². The molecule has 1 aliphatic carbocycles. The lowest BCUT2D eigenvalue weighted by Gasteiger charge is -2.10. The molecule has 0 spiro atoms. The summed E-state index contributed by atoms with van der Waals surface area (Å²) < 4.78 is 7.63. The number of amides is 1. The first-order chi connectivity index (χ1) is 12.7. The predicted molar refractivity (Wildman–Crippen MR) is 98.6 cm³/mol. The first kappa shape index (κ1) is 16.6. The zero-order valence-corrected chi connectivity index (χ0v) is 14.8. The third-order valence-corrected chi connectivity index (χ3v) is 4.89. The molecule has 1 fully saturated rings. The molecule has 134 valence electrons. The Bertz CT molecular complexity index is 875. The van der Waals surface area contributed by atoms with E-state index in [0.29, 0.717) is 12.4 Å². The standard InChI is InChI=1S/C20H22N4O2/c1-14-18(13-24-12-4-11-21-24)23-20(26-14)16-7-9-17(10-8-16)22-19(25)15-5-2-3-6-15/h4,7-12,15H,2-3,5-6,13H2,1H3,(H,22,25). The van der Waals surface area contributed by atoms with Gasteiger partial charge in [0.15, 0.2) is 0 Å². The van der Waals surface area contributed by atoms with Crippen molar-refractivity contribution in [1.82, 2.24) is 14.8 Å². The third-order valence-electron chi connectivity index (χ3n) is 4.89. The third kappa shape index (κ3) is 3.54. The van der Waals surface area contributed by atoms with Crippen molar-refractivity contribution in [2.75, 3.05) is 5.32 Å². The van der Waals surface area contributed by atoms with E-state index in [1.807, 2.05) is 48.1 Å². The van der Waals surface area contributed by atoms with E-state index in [2.05, 4.69) is 15.4 Å². The van der Waals surface area contributed by atoms with Crippen LogP contribution in [-0.4, -0.2) is 20.7 Å². The monoisotopic (exact) mass is 350 g/mol. The van der Waals surface area contributed by atoms with Crippen LogP contribution in [0.3, 0.4) is 0 Å². The van der Waals surface area contributed by atoms with Crippen LogP contribution in [0.5, 0.6) is 0 Å². The molecule has 0 bridgehead atoms. The van der Waals surface area contributed by atoms with Gasteiger partial charge in [0, 0.05) is 29.6 Å². The van der Waals surface area contributed by atoms with Gasteiger partial charge in [-0.2, -0.15) is 5.10 Å². The molecule has 3 aromatic rings. The Kier molecular flexibility index (Phi) is 4.56. The lowest BCUT2D eigenvalue weighted by Crippen LogP contribution is -2.20. The van der Waals surface area contributed by atoms with Crippen molar-refractivity contribution >= 4 is 11.6 Å². The highest BCUT2D eigenvalue weighted by Crippen LogP contribution is 2.27. The highest BCUT2D eigenvalue weighted by molar-refractivity contribution is 5.92. The van der Waals surface area contributed by atoms with E-state index in [1.54, 1.807) is 6.20 Å². The summed E-state index contributed by atoms with van der Waals surface area (Å²) in [5.41, 5.74) is 2.56. The van der Waals surface area contributed by atoms with Crippen LogP contribution in [0.15, 0.2) is 47.1 Å². The van der Waals surface area contributed by atoms with Crippen molar-refractivity contribution in [1.29, 1.82) is 0 Å². The molecule has 6 heteroatoms. The van der Waals surface area contributed by atoms with E-state index < -0.39 is 0 Å². The fourth-order valence-corrected chi connectivity index (χ4v) is 3.37. The van der Waals surface area contributed by atoms with Crippen LogP contribution in [0.4, 0.5) is 5.69 Å². The quantitative estimate of drug-likeness (QED) is 0.754. The Labute approximate surface area is 152 Å². The molecule has 1 amide bonds. The van der Waals surface area contributed by atoms with E-state index in [9.17, 15) is 4.79 Å². The molecule has 0 aliphatic heterocycles. The first-order valence-corrected chi connectivity index (χ1v) is 9.04. The predicted octanol–water partition coefficient (Wildman–Crippen LogP) is 4.02. The van der Waals surface area contributed by atoms with Gasteiger partial charge in [0.1, 0.15) is 11.5 Å². The van der Waals surface area contributed by atoms with Gasteiger partial charge in [-0.25, -0.2) is 4.98 Å². The second-order valence-corrected chi connectivity index (χ2v) is 6.77. The van der Waals surface area contributed by atoms with Crippen LogP contribution in [-0.2, 0) is 11.3 Å². The summed E-state index contributed by atoms with van der Waals surface area (Å²) in [6.07, 6.45) is 7.95. The molecule has 1 aromatic carbocycles. The van der Waals surface area contributed by atoms with Gasteiger partial charge < -0.3 is 9.73 Å². The molecule has 26 heavy (non-hydrogen) atoms. The average Bonchev–Trinajstić information content (AvgIpc) is 3.39. The van der Waals surface area contributed by atoms with Crippen molar-refractivity contribution in [3.05, 3.63) is 54.2 Å². The molecular weight excluding hydrogens is 328 g/mol. The number of aromatic nitrogens is 3. The minimum absolute atomic E-state index is 0.128. The summed E-state index contributed by atoms with van der Waals surface area (Å²) in [6, 6.07) is 9.53. The summed E-state index contributed by atoms with van der Waals surface area (Å²) in [6.45, 7) is 2.49. The molecular formula is C20H22N4O2. The number of hydrogen-bond acceptors (Lipinski definition) is 4. The first-order valence-electron chi connectivity index (χ1n) is 9.04. The van der Waals surface area contributed by atoms with Crippen LogP contribution in [0.25, 0.3) is 11.5 Å². The average molecular weight is 350 g/mol. The minimum Gasteiger partial charge on any atom is -0.441 e. The lowest BCUT2D eigenvalue weighted by molar-refractivity contribution is -0.119. The summed E-state index contributed by atoms with van der Waals surface area (Å²) >= 11 is 0. The summed E-state index contributed by atoms with van der Waals surface area (Å²) in [7, 11) is 0. The number of nitrogens with zero attached hydrogens (tertiary/aromatic N) is 3. The molecule has 6 nitrogen and oxygen atoms in total. The van der Waals surface area contributed by atoms with Crippen molar-refractivity contribution in [3.63, 3.8) is 0 Å².